The van der Waals surface area contributed by atoms with E-state index in [0.29, 0.717) is 0 Å². The molecule has 0 fully saturated rings. The summed E-state index contributed by atoms with van der Waals surface area (Å²) in [5.74, 6) is 0. The Balaban J connectivity index is 0.00000243. The van der Waals surface area contributed by atoms with Gasteiger partial charge in [0.25, 0.3) is 0 Å². The molecule has 0 atom stereocenters. The molecule has 1 aromatic heterocycles. The van der Waals surface area contributed by atoms with Gasteiger partial charge in [-0.15, -0.1) is 11.8 Å². The van der Waals surface area contributed by atoms with E-state index in [-0.39, 0.29) is 12.4 Å². The summed E-state index contributed by atoms with van der Waals surface area (Å²) in [5, 5.41) is 0. The second-order valence-electron chi connectivity index (χ2n) is 6.83. The summed E-state index contributed by atoms with van der Waals surface area (Å²) in [4.78, 5) is 1.30. The maximum Gasteiger partial charge on any atom is 0.249 e. The van der Waals surface area contributed by atoms with Gasteiger partial charge in [-0.3, -0.25) is 0 Å². The smallest absolute Gasteiger partial charge is 0.249 e. The van der Waals surface area contributed by atoms with Crippen LogP contribution in [0, 0.1) is 34.6 Å². The lowest BCUT2D eigenvalue weighted by molar-refractivity contribution is -0.693. The molecule has 0 aliphatic rings. The van der Waals surface area contributed by atoms with Crippen LogP contribution in [0.15, 0.2) is 47.6 Å². The van der Waals surface area contributed by atoms with Gasteiger partial charge in [-0.25, -0.2) is 4.57 Å². The topological polar surface area (TPSA) is 8.81 Å². The summed E-state index contributed by atoms with van der Waals surface area (Å²) in [5.41, 5.74) is 9.38. The van der Waals surface area contributed by atoms with E-state index in [4.69, 9.17) is 0 Å². The Hall–Kier alpha value is -1.71. The average molecular weight is 387 g/mol. The zero-order valence-corrected chi connectivity index (χ0v) is 18.0. The molecule has 4 heteroatoms. The third-order valence-electron chi connectivity index (χ3n) is 5.08. The van der Waals surface area contributed by atoms with Gasteiger partial charge in [0.2, 0.25) is 6.33 Å². The van der Waals surface area contributed by atoms with Crippen molar-refractivity contribution >= 4 is 11.8 Å². The van der Waals surface area contributed by atoms with Crippen LogP contribution in [0.25, 0.3) is 5.69 Å². The molecule has 0 saturated heterocycles. The Morgan fingerprint density at radius 3 is 2.19 bits per heavy atom. The minimum Gasteiger partial charge on any atom is -1.00 e. The fourth-order valence-corrected chi connectivity index (χ4v) is 4.15. The van der Waals surface area contributed by atoms with E-state index in [1.165, 1.54) is 44.2 Å². The number of rotatable bonds is 4. The maximum absolute atomic E-state index is 2.37. The van der Waals surface area contributed by atoms with Gasteiger partial charge < -0.3 is 12.4 Å². The standard InChI is InChI=1S/C22H27N2S.ClH/c1-15-11-16(2)20(17(3)12-15)13-23-14-24(19(5)18(23)4)21-9-7-8-10-22(21)25-6;/h7-12,14H,13H2,1-6H3;1H/q+1;/p-1. The van der Waals surface area contributed by atoms with E-state index in [1.54, 1.807) is 11.8 Å². The molecule has 0 radical (unpaired) electrons. The van der Waals surface area contributed by atoms with Gasteiger partial charge in [-0.05, 0) is 55.9 Å². The van der Waals surface area contributed by atoms with Crippen LogP contribution in [-0.2, 0) is 6.54 Å². The van der Waals surface area contributed by atoms with E-state index < -0.39 is 0 Å². The van der Waals surface area contributed by atoms with Gasteiger partial charge >= 0.3 is 0 Å². The molecule has 0 N–H and O–H groups in total. The molecule has 0 amide bonds. The van der Waals surface area contributed by atoms with Crippen molar-refractivity contribution in [3.05, 3.63) is 76.4 Å². The lowest BCUT2D eigenvalue weighted by atomic mass is 10.00. The third-order valence-corrected chi connectivity index (χ3v) is 5.87. The van der Waals surface area contributed by atoms with Gasteiger partial charge in [-0.1, -0.05) is 29.8 Å². The van der Waals surface area contributed by atoms with Gasteiger partial charge in [0.1, 0.15) is 23.6 Å². The van der Waals surface area contributed by atoms with Gasteiger partial charge in [0, 0.05) is 13.8 Å². The molecule has 138 valence electrons. The number of nitrogens with zero attached hydrogens (tertiary/aromatic N) is 2. The Morgan fingerprint density at radius 1 is 0.962 bits per heavy atom. The number of aromatic nitrogens is 2. The maximum atomic E-state index is 2.37. The number of thioether (sulfide) groups is 1. The van der Waals surface area contributed by atoms with Crippen molar-refractivity contribution in [3.63, 3.8) is 0 Å². The summed E-state index contributed by atoms with van der Waals surface area (Å²) >= 11 is 1.79. The Morgan fingerprint density at radius 2 is 1.58 bits per heavy atom. The molecular weight excluding hydrogens is 360 g/mol. The predicted octanol–water partition coefficient (Wildman–Crippen LogP) is 2.08. The summed E-state index contributed by atoms with van der Waals surface area (Å²) in [7, 11) is 0. The molecule has 0 unspecified atom stereocenters. The molecule has 3 aromatic rings. The molecule has 0 aliphatic heterocycles. The molecule has 2 nitrogen and oxygen atoms in total. The van der Waals surface area contributed by atoms with Crippen LogP contribution in [-0.4, -0.2) is 10.8 Å². The highest BCUT2D eigenvalue weighted by Crippen LogP contribution is 2.25. The first-order valence-electron chi connectivity index (χ1n) is 8.70. The zero-order chi connectivity index (χ0) is 18.1. The number of para-hydroxylation sites is 1. The van der Waals surface area contributed by atoms with Crippen LogP contribution in [0.4, 0.5) is 0 Å². The van der Waals surface area contributed by atoms with Crippen molar-refractivity contribution in [2.45, 2.75) is 46.1 Å². The summed E-state index contributed by atoms with van der Waals surface area (Å²) in [6.07, 6.45) is 4.38. The number of benzene rings is 2. The summed E-state index contributed by atoms with van der Waals surface area (Å²) < 4.78 is 4.69. The second kappa shape index (κ2) is 8.32. The quantitative estimate of drug-likeness (QED) is 0.492. The Kier molecular flexibility index (Phi) is 6.59. The van der Waals surface area contributed by atoms with Gasteiger partial charge in [0.05, 0.1) is 4.90 Å². The summed E-state index contributed by atoms with van der Waals surface area (Å²) in [6.45, 7) is 11.9. The second-order valence-corrected chi connectivity index (χ2v) is 7.68. The number of hydrogen-bond donors (Lipinski definition) is 0. The van der Waals surface area contributed by atoms with Crippen LogP contribution < -0.4 is 17.0 Å². The SMILES string of the molecule is CSc1ccccc1-n1c[n+](Cc2c(C)cc(C)cc2C)c(C)c1C.[Cl-]. The molecule has 26 heavy (non-hydrogen) atoms. The molecule has 0 saturated carbocycles. The minimum absolute atomic E-state index is 0. The van der Waals surface area contributed by atoms with Gasteiger partial charge in [-0.2, -0.15) is 4.57 Å². The van der Waals surface area contributed by atoms with Crippen molar-refractivity contribution in [1.82, 2.24) is 4.57 Å². The fraction of sp³-hybridized carbons (Fsp3) is 0.318. The lowest BCUT2D eigenvalue weighted by Gasteiger charge is -2.10. The van der Waals surface area contributed by atoms with Gasteiger partial charge in [0.15, 0.2) is 0 Å². The normalized spacial score (nSPS) is 10.7. The third kappa shape index (κ3) is 3.84. The average Bonchev–Trinajstić information content (AvgIpc) is 2.86. The predicted molar refractivity (Wildman–Crippen MR) is 107 cm³/mol. The molecule has 0 spiro atoms. The van der Waals surface area contributed by atoms with Crippen molar-refractivity contribution in [1.29, 1.82) is 0 Å². The highest BCUT2D eigenvalue weighted by Gasteiger charge is 2.20. The number of imidazole rings is 1. The highest BCUT2D eigenvalue weighted by atomic mass is 35.5. The Labute approximate surface area is 167 Å². The van der Waals surface area contributed by atoms with Crippen LogP contribution in [0.1, 0.15) is 33.6 Å². The number of aryl methyl sites for hydroxylation is 3. The molecule has 2 aromatic carbocycles. The number of hydrogen-bond acceptors (Lipinski definition) is 1. The van der Waals surface area contributed by atoms with Crippen LogP contribution in [0.2, 0.25) is 0 Å². The van der Waals surface area contributed by atoms with Crippen molar-refractivity contribution < 1.29 is 17.0 Å². The first kappa shape index (κ1) is 20.6. The zero-order valence-electron chi connectivity index (χ0n) is 16.4. The van der Waals surface area contributed by atoms with E-state index in [2.05, 4.69) is 92.7 Å². The lowest BCUT2D eigenvalue weighted by Crippen LogP contribution is -3.00. The molecule has 1 heterocycles. The molecule has 3 rings (SSSR count). The van der Waals surface area contributed by atoms with Crippen molar-refractivity contribution in [2.75, 3.05) is 6.26 Å². The van der Waals surface area contributed by atoms with Crippen LogP contribution >= 0.6 is 11.8 Å². The first-order valence-corrected chi connectivity index (χ1v) is 9.93. The molecule has 0 bridgehead atoms. The fourth-order valence-electron chi connectivity index (χ4n) is 3.56. The van der Waals surface area contributed by atoms with E-state index >= 15 is 0 Å². The van der Waals surface area contributed by atoms with E-state index in [1.807, 2.05) is 0 Å². The molecular formula is C22H27ClN2S. The minimum atomic E-state index is 0. The van der Waals surface area contributed by atoms with E-state index in [9.17, 15) is 0 Å². The Bertz CT molecular complexity index is 905. The summed E-state index contributed by atoms with van der Waals surface area (Å²) in [6, 6.07) is 13.2. The van der Waals surface area contributed by atoms with Crippen LogP contribution in [0.5, 0.6) is 0 Å². The van der Waals surface area contributed by atoms with E-state index in [0.717, 1.165) is 6.54 Å². The highest BCUT2D eigenvalue weighted by molar-refractivity contribution is 7.98. The largest absolute Gasteiger partial charge is 1.00 e. The first-order chi connectivity index (χ1) is 11.9. The monoisotopic (exact) mass is 386 g/mol. The van der Waals surface area contributed by atoms with Crippen molar-refractivity contribution in [2.24, 2.45) is 0 Å². The van der Waals surface area contributed by atoms with Crippen molar-refractivity contribution in [3.8, 4) is 5.69 Å². The number of halogens is 1. The molecule has 0 aliphatic carbocycles. The van der Waals surface area contributed by atoms with Crippen LogP contribution in [0.3, 0.4) is 0 Å².